The zero-order chi connectivity index (χ0) is 19.3. The molecule has 0 saturated carbocycles. The molecule has 2 nitrogen and oxygen atoms in total. The maximum atomic E-state index is 12.7. The summed E-state index contributed by atoms with van der Waals surface area (Å²) in [4.78, 5) is 12.7. The van der Waals surface area contributed by atoms with Crippen LogP contribution in [0, 0.1) is 0 Å². The molecule has 4 rings (SSSR count). The van der Waals surface area contributed by atoms with Crippen LogP contribution in [0.5, 0.6) is 0 Å². The Labute approximate surface area is 166 Å². The summed E-state index contributed by atoms with van der Waals surface area (Å²) in [7, 11) is 0. The second kappa shape index (κ2) is 8.26. The highest BCUT2D eigenvalue weighted by molar-refractivity contribution is 5.93. The van der Waals surface area contributed by atoms with Crippen molar-refractivity contribution in [3.8, 4) is 0 Å². The van der Waals surface area contributed by atoms with E-state index in [-0.39, 0.29) is 5.97 Å². The summed E-state index contributed by atoms with van der Waals surface area (Å²) in [6, 6.07) is 26.3. The minimum Gasteiger partial charge on any atom is -0.457 e. The fraction of sp³-hybridized carbons (Fsp3) is 0.192. The van der Waals surface area contributed by atoms with Gasteiger partial charge in [-0.05, 0) is 59.2 Å². The van der Waals surface area contributed by atoms with Crippen LogP contribution in [0.15, 0.2) is 84.4 Å². The van der Waals surface area contributed by atoms with Crippen LogP contribution >= 0.6 is 0 Å². The van der Waals surface area contributed by atoms with E-state index in [0.29, 0.717) is 12.2 Å². The number of allylic oxidation sites excluding steroid dienone is 1. The molecule has 3 aromatic rings. The summed E-state index contributed by atoms with van der Waals surface area (Å²) in [6.45, 7) is 2.50. The third kappa shape index (κ3) is 3.77. The van der Waals surface area contributed by atoms with Gasteiger partial charge in [-0.15, -0.1) is 0 Å². The number of rotatable bonds is 5. The van der Waals surface area contributed by atoms with Crippen LogP contribution in [0.2, 0.25) is 0 Å². The molecule has 3 aromatic carbocycles. The van der Waals surface area contributed by atoms with Gasteiger partial charge in [-0.3, -0.25) is 0 Å². The Bertz CT molecular complexity index is 1000. The SMILES string of the molecule is CCC1=C(c2ccccc2)c2cc(C(=O)OCc3ccccc3)ccc2CC1. The Morgan fingerprint density at radius 2 is 1.61 bits per heavy atom. The van der Waals surface area contributed by atoms with Crippen molar-refractivity contribution >= 4 is 11.5 Å². The lowest BCUT2D eigenvalue weighted by Crippen LogP contribution is -2.10. The van der Waals surface area contributed by atoms with Crippen molar-refractivity contribution < 1.29 is 9.53 Å². The molecule has 1 aliphatic rings. The zero-order valence-corrected chi connectivity index (χ0v) is 16.2. The number of hydrogen-bond donors (Lipinski definition) is 0. The smallest absolute Gasteiger partial charge is 0.338 e. The van der Waals surface area contributed by atoms with E-state index in [1.54, 1.807) is 0 Å². The molecule has 0 heterocycles. The maximum Gasteiger partial charge on any atom is 0.338 e. The average Bonchev–Trinajstić information content (AvgIpc) is 2.77. The van der Waals surface area contributed by atoms with Crippen LogP contribution in [0.25, 0.3) is 5.57 Å². The van der Waals surface area contributed by atoms with Crippen molar-refractivity contribution in [1.29, 1.82) is 0 Å². The Kier molecular flexibility index (Phi) is 5.38. The molecule has 1 aliphatic carbocycles. The van der Waals surface area contributed by atoms with Gasteiger partial charge < -0.3 is 4.74 Å². The number of aryl methyl sites for hydroxylation is 1. The second-order valence-electron chi connectivity index (χ2n) is 7.13. The molecule has 0 saturated heterocycles. The van der Waals surface area contributed by atoms with E-state index in [1.807, 2.05) is 48.5 Å². The predicted molar refractivity (Wildman–Crippen MR) is 113 cm³/mol. The predicted octanol–water partition coefficient (Wildman–Crippen LogP) is 6.20. The number of benzene rings is 3. The van der Waals surface area contributed by atoms with Crippen LogP contribution in [-0.2, 0) is 17.8 Å². The third-order valence-corrected chi connectivity index (χ3v) is 5.37. The van der Waals surface area contributed by atoms with Crippen molar-refractivity contribution in [3.05, 3.63) is 112 Å². The number of carbonyl (C=O) groups excluding carboxylic acids is 1. The minimum absolute atomic E-state index is 0.275. The number of fused-ring (bicyclic) bond motifs is 1. The van der Waals surface area contributed by atoms with Crippen molar-refractivity contribution in [2.24, 2.45) is 0 Å². The average molecular weight is 368 g/mol. The van der Waals surface area contributed by atoms with Gasteiger partial charge in [0.15, 0.2) is 0 Å². The topological polar surface area (TPSA) is 26.3 Å². The lowest BCUT2D eigenvalue weighted by Gasteiger charge is -2.24. The molecule has 0 amide bonds. The Balaban J connectivity index is 1.65. The summed E-state index contributed by atoms with van der Waals surface area (Å²) in [6.07, 6.45) is 3.12. The molecule has 0 aromatic heterocycles. The van der Waals surface area contributed by atoms with Gasteiger partial charge in [0.05, 0.1) is 5.56 Å². The van der Waals surface area contributed by atoms with Gasteiger partial charge in [-0.2, -0.15) is 0 Å². The quantitative estimate of drug-likeness (QED) is 0.501. The fourth-order valence-electron chi connectivity index (χ4n) is 3.88. The fourth-order valence-corrected chi connectivity index (χ4v) is 3.88. The van der Waals surface area contributed by atoms with Crippen LogP contribution in [-0.4, -0.2) is 5.97 Å². The van der Waals surface area contributed by atoms with E-state index in [4.69, 9.17) is 4.74 Å². The lowest BCUT2D eigenvalue weighted by molar-refractivity contribution is 0.0472. The zero-order valence-electron chi connectivity index (χ0n) is 16.2. The molecule has 0 spiro atoms. The first-order valence-electron chi connectivity index (χ1n) is 9.88. The number of carbonyl (C=O) groups is 1. The van der Waals surface area contributed by atoms with Crippen LogP contribution in [0.3, 0.4) is 0 Å². The normalized spacial score (nSPS) is 13.2. The highest BCUT2D eigenvalue weighted by Crippen LogP contribution is 2.37. The standard InChI is InChI=1S/C26H24O2/c1-2-20-13-14-21-15-16-23(26(27)28-18-19-9-5-3-6-10-19)17-24(21)25(20)22-11-7-4-8-12-22/h3-12,15-17H,2,13-14,18H2,1H3. The summed E-state index contributed by atoms with van der Waals surface area (Å²) in [5.41, 5.74) is 8.03. The molecule has 0 radical (unpaired) electrons. The van der Waals surface area contributed by atoms with E-state index in [1.165, 1.54) is 27.8 Å². The molecule has 0 unspecified atom stereocenters. The molecule has 0 atom stereocenters. The first-order chi connectivity index (χ1) is 13.8. The van der Waals surface area contributed by atoms with Gasteiger partial charge >= 0.3 is 5.97 Å². The number of esters is 1. The van der Waals surface area contributed by atoms with Gasteiger partial charge in [0.1, 0.15) is 6.61 Å². The van der Waals surface area contributed by atoms with Crippen LogP contribution in [0.1, 0.15) is 52.4 Å². The van der Waals surface area contributed by atoms with E-state index < -0.39 is 0 Å². The molecular weight excluding hydrogens is 344 g/mol. The van der Waals surface area contributed by atoms with E-state index in [9.17, 15) is 4.79 Å². The Morgan fingerprint density at radius 3 is 2.32 bits per heavy atom. The van der Waals surface area contributed by atoms with Gasteiger partial charge in [-0.1, -0.05) is 79.2 Å². The number of hydrogen-bond acceptors (Lipinski definition) is 2. The minimum atomic E-state index is -0.275. The molecule has 0 aliphatic heterocycles. The van der Waals surface area contributed by atoms with Gasteiger partial charge in [0.2, 0.25) is 0 Å². The molecule has 0 fully saturated rings. The molecule has 0 N–H and O–H groups in total. The van der Waals surface area contributed by atoms with Gasteiger partial charge in [-0.25, -0.2) is 4.79 Å². The first-order valence-corrected chi connectivity index (χ1v) is 9.88. The monoisotopic (exact) mass is 368 g/mol. The Morgan fingerprint density at radius 1 is 0.893 bits per heavy atom. The van der Waals surface area contributed by atoms with Gasteiger partial charge in [0, 0.05) is 0 Å². The third-order valence-electron chi connectivity index (χ3n) is 5.37. The van der Waals surface area contributed by atoms with E-state index >= 15 is 0 Å². The second-order valence-corrected chi connectivity index (χ2v) is 7.13. The van der Waals surface area contributed by atoms with Crippen molar-refractivity contribution in [2.45, 2.75) is 32.8 Å². The molecule has 28 heavy (non-hydrogen) atoms. The molecule has 140 valence electrons. The summed E-state index contributed by atoms with van der Waals surface area (Å²) >= 11 is 0. The van der Waals surface area contributed by atoms with Gasteiger partial charge in [0.25, 0.3) is 0 Å². The first kappa shape index (κ1) is 18.2. The van der Waals surface area contributed by atoms with Crippen molar-refractivity contribution in [1.82, 2.24) is 0 Å². The molecule has 2 heteroatoms. The maximum absolute atomic E-state index is 12.7. The molecule has 0 bridgehead atoms. The summed E-state index contributed by atoms with van der Waals surface area (Å²) in [5, 5.41) is 0. The highest BCUT2D eigenvalue weighted by Gasteiger charge is 2.21. The highest BCUT2D eigenvalue weighted by atomic mass is 16.5. The molecular formula is C26H24O2. The lowest BCUT2D eigenvalue weighted by atomic mass is 9.80. The number of ether oxygens (including phenoxy) is 1. The van der Waals surface area contributed by atoms with E-state index in [2.05, 4.69) is 37.3 Å². The van der Waals surface area contributed by atoms with E-state index in [0.717, 1.165) is 24.8 Å². The summed E-state index contributed by atoms with van der Waals surface area (Å²) in [5.74, 6) is -0.275. The van der Waals surface area contributed by atoms with Crippen LogP contribution in [0.4, 0.5) is 0 Å². The Hall–Kier alpha value is -3.13. The van der Waals surface area contributed by atoms with Crippen LogP contribution < -0.4 is 0 Å². The largest absolute Gasteiger partial charge is 0.457 e. The summed E-state index contributed by atoms with van der Waals surface area (Å²) < 4.78 is 5.54. The van der Waals surface area contributed by atoms with Crippen molar-refractivity contribution in [3.63, 3.8) is 0 Å². The van der Waals surface area contributed by atoms with Crippen molar-refractivity contribution in [2.75, 3.05) is 0 Å².